The van der Waals surface area contributed by atoms with E-state index in [-0.39, 0.29) is 10.8 Å². The Morgan fingerprint density at radius 3 is 2.14 bits per heavy atom. The van der Waals surface area contributed by atoms with Crippen molar-refractivity contribution < 1.29 is 9.31 Å². The summed E-state index contributed by atoms with van der Waals surface area (Å²) >= 11 is 0. The van der Waals surface area contributed by atoms with Crippen molar-refractivity contribution in [3.8, 4) is 5.75 Å². The van der Waals surface area contributed by atoms with E-state index in [4.69, 9.17) is 4.74 Å². The largest absolute Gasteiger partial charge is 0.457 e. The van der Waals surface area contributed by atoms with E-state index < -0.39 is 0 Å². The van der Waals surface area contributed by atoms with Crippen molar-refractivity contribution in [2.75, 3.05) is 37.0 Å². The topological polar surface area (TPSA) is 18.7 Å². The number of hydrogen-bond donors (Lipinski definition) is 0. The van der Waals surface area contributed by atoms with Gasteiger partial charge in [-0.15, -0.1) is 0 Å². The van der Waals surface area contributed by atoms with E-state index in [1.165, 1.54) is 45.1 Å². The van der Waals surface area contributed by atoms with Crippen LogP contribution in [0, 0.1) is 11.8 Å². The van der Waals surface area contributed by atoms with E-state index in [1.54, 1.807) is 0 Å². The summed E-state index contributed by atoms with van der Waals surface area (Å²) in [5.41, 5.74) is 11.7. The molecule has 0 amide bonds. The molecule has 0 aromatic heterocycles. The molecule has 4 heteroatoms. The minimum Gasteiger partial charge on any atom is -0.457 e. The Kier molecular flexibility index (Phi) is 10.0. The van der Waals surface area contributed by atoms with Gasteiger partial charge in [-0.3, -0.25) is 0 Å². The third-order valence-electron chi connectivity index (χ3n) is 10.6. The summed E-state index contributed by atoms with van der Waals surface area (Å²) in [5.74, 6) is 2.95. The average molecular weight is 669 g/mol. The summed E-state index contributed by atoms with van der Waals surface area (Å²) < 4.78 is 9.48. The lowest BCUT2D eigenvalue weighted by Crippen LogP contribution is -2.29. The maximum absolute atomic E-state index is 6.93. The Hall–Kier alpha value is -4.31. The van der Waals surface area contributed by atoms with Crippen LogP contribution in [0.4, 0.5) is 17.1 Å². The molecule has 6 rings (SSSR count). The fraction of sp³-hybridized carbons (Fsp3) is 0.413. The molecule has 2 aliphatic heterocycles. The number of hydrogen-bond acceptors (Lipinski definition) is 3. The Bertz CT molecular complexity index is 1880. The zero-order valence-corrected chi connectivity index (χ0v) is 32.2. The maximum atomic E-state index is 6.93. The molecule has 2 heterocycles. The van der Waals surface area contributed by atoms with Gasteiger partial charge in [-0.1, -0.05) is 84.0 Å². The fourth-order valence-corrected chi connectivity index (χ4v) is 8.05. The lowest BCUT2D eigenvalue weighted by atomic mass is 9.81. The van der Waals surface area contributed by atoms with E-state index in [9.17, 15) is 0 Å². The van der Waals surface area contributed by atoms with Gasteiger partial charge >= 0.3 is 0 Å². The van der Waals surface area contributed by atoms with Gasteiger partial charge in [0.05, 0.1) is 5.41 Å². The van der Waals surface area contributed by atoms with Crippen molar-refractivity contribution in [3.63, 3.8) is 0 Å². The summed E-state index contributed by atoms with van der Waals surface area (Å²) in [7, 11) is 4.15. The highest BCUT2D eigenvalue weighted by Gasteiger charge is 2.44. The van der Waals surface area contributed by atoms with Crippen LogP contribution >= 0.6 is 0 Å². The van der Waals surface area contributed by atoms with E-state index in [0.29, 0.717) is 11.8 Å². The number of benzene rings is 3. The normalized spacial score (nSPS) is 19.8. The molecular formula is C46H58N3O+. The molecule has 0 unspecified atom stereocenters. The fourth-order valence-electron chi connectivity index (χ4n) is 8.05. The molecule has 0 radical (unpaired) electrons. The Morgan fingerprint density at radius 1 is 0.780 bits per heavy atom. The molecule has 0 fully saturated rings. The van der Waals surface area contributed by atoms with Gasteiger partial charge < -0.3 is 14.5 Å². The first kappa shape index (κ1) is 35.5. The predicted molar refractivity (Wildman–Crippen MR) is 213 cm³/mol. The van der Waals surface area contributed by atoms with Gasteiger partial charge in [0.25, 0.3) is 0 Å². The van der Waals surface area contributed by atoms with Crippen LogP contribution in [0.3, 0.4) is 0 Å². The summed E-state index contributed by atoms with van der Waals surface area (Å²) in [5, 5.41) is 0. The van der Waals surface area contributed by atoms with Crippen molar-refractivity contribution in [1.82, 2.24) is 0 Å². The van der Waals surface area contributed by atoms with E-state index in [2.05, 4.69) is 181 Å². The van der Waals surface area contributed by atoms with Crippen molar-refractivity contribution in [2.45, 2.75) is 85.5 Å². The highest BCUT2D eigenvalue weighted by atomic mass is 16.5. The number of ether oxygens (including phenoxy) is 1. The molecule has 1 aliphatic carbocycles. The molecule has 0 N–H and O–H groups in total. The number of nitrogens with zero attached hydrogens (tertiary/aromatic N) is 3. The number of fused-ring (bicyclic) bond motifs is 2. The molecule has 0 saturated heterocycles. The van der Waals surface area contributed by atoms with Gasteiger partial charge in [0, 0.05) is 66.8 Å². The third-order valence-corrected chi connectivity index (χ3v) is 10.6. The molecule has 3 aromatic carbocycles. The number of allylic oxidation sites excluding steroid dienone is 7. The second-order valence-corrected chi connectivity index (χ2v) is 16.5. The second kappa shape index (κ2) is 14.1. The highest BCUT2D eigenvalue weighted by molar-refractivity contribution is 6.03. The number of rotatable bonds is 10. The van der Waals surface area contributed by atoms with E-state index in [0.717, 1.165) is 49.5 Å². The predicted octanol–water partition coefficient (Wildman–Crippen LogP) is 11.1. The maximum Gasteiger partial charge on any atom is 0.209 e. The molecule has 0 atom stereocenters. The van der Waals surface area contributed by atoms with Crippen LogP contribution in [0.1, 0.15) is 85.8 Å². The highest BCUT2D eigenvalue weighted by Crippen LogP contribution is 2.48. The van der Waals surface area contributed by atoms with Crippen LogP contribution < -0.4 is 14.5 Å². The van der Waals surface area contributed by atoms with Crippen LogP contribution in [0.15, 0.2) is 120 Å². The van der Waals surface area contributed by atoms with Gasteiger partial charge in [-0.2, -0.15) is 4.58 Å². The summed E-state index contributed by atoms with van der Waals surface area (Å²) in [4.78, 5) is 4.67. The zero-order valence-electron chi connectivity index (χ0n) is 32.2. The molecule has 3 aromatic rings. The average Bonchev–Trinajstić information content (AvgIpc) is 3.41. The quantitative estimate of drug-likeness (QED) is 0.200. The molecule has 0 bridgehead atoms. The van der Waals surface area contributed by atoms with Crippen molar-refractivity contribution in [2.24, 2.45) is 11.8 Å². The Labute approximate surface area is 302 Å². The second-order valence-electron chi connectivity index (χ2n) is 16.5. The standard InChI is InChI=1S/C46H58N3O/c1-32(2)30-48-40-20-13-11-18-38(40)45(5,6)42(48)28-22-34-16-15-17-35(44(34)50-37-26-24-36(25-27-37)47(9)10)23-29-43-46(7,8)39-19-12-14-21-41(39)49(43)31-33(3)4/h11-14,18-29,32-33H,15-17,30-31H2,1-10H3/q+1. The first-order valence-electron chi connectivity index (χ1n) is 18.7. The molecule has 3 aliphatic rings. The van der Waals surface area contributed by atoms with E-state index in [1.807, 2.05) is 0 Å². The summed E-state index contributed by atoms with van der Waals surface area (Å²) in [6.45, 7) is 20.7. The van der Waals surface area contributed by atoms with Crippen LogP contribution in [-0.2, 0) is 10.8 Å². The molecule has 50 heavy (non-hydrogen) atoms. The molecular weight excluding hydrogens is 611 g/mol. The first-order valence-corrected chi connectivity index (χ1v) is 18.7. The SMILES string of the molecule is CC(C)CN1C(=CC=C2CCCC(C=CC3=[N+](CC(C)C)c4ccccc4C3(C)C)=C2Oc2ccc(N(C)C)cc2)C(C)(C)c2ccccc21. The van der Waals surface area contributed by atoms with Gasteiger partial charge in [-0.05, 0) is 98.2 Å². The number of anilines is 2. The van der Waals surface area contributed by atoms with Crippen molar-refractivity contribution in [3.05, 3.63) is 131 Å². The van der Waals surface area contributed by atoms with Gasteiger partial charge in [-0.25, -0.2) is 0 Å². The molecule has 4 nitrogen and oxygen atoms in total. The van der Waals surface area contributed by atoms with Crippen LogP contribution in [-0.4, -0.2) is 37.5 Å². The van der Waals surface area contributed by atoms with Crippen molar-refractivity contribution in [1.29, 1.82) is 0 Å². The minimum absolute atomic E-state index is 0.0910. The van der Waals surface area contributed by atoms with Gasteiger partial charge in [0.15, 0.2) is 12.3 Å². The summed E-state index contributed by atoms with van der Waals surface area (Å²) in [6.07, 6.45) is 12.6. The van der Waals surface area contributed by atoms with Crippen LogP contribution in [0.25, 0.3) is 0 Å². The van der Waals surface area contributed by atoms with Crippen LogP contribution in [0.5, 0.6) is 5.75 Å². The van der Waals surface area contributed by atoms with Crippen molar-refractivity contribution >= 4 is 22.8 Å². The lowest BCUT2D eigenvalue weighted by Gasteiger charge is -2.28. The monoisotopic (exact) mass is 668 g/mol. The summed E-state index contributed by atoms with van der Waals surface area (Å²) in [6, 6.07) is 26.3. The number of para-hydroxylation sites is 2. The smallest absolute Gasteiger partial charge is 0.209 e. The molecule has 0 spiro atoms. The third kappa shape index (κ3) is 6.87. The van der Waals surface area contributed by atoms with Crippen LogP contribution in [0.2, 0.25) is 0 Å². The first-order chi connectivity index (χ1) is 23.8. The van der Waals surface area contributed by atoms with Gasteiger partial charge in [0.2, 0.25) is 5.69 Å². The zero-order chi connectivity index (χ0) is 35.8. The van der Waals surface area contributed by atoms with Gasteiger partial charge in [0.1, 0.15) is 11.5 Å². The molecule has 0 saturated carbocycles. The Balaban J connectivity index is 1.46. The minimum atomic E-state index is -0.0910. The Morgan fingerprint density at radius 2 is 1.46 bits per heavy atom. The molecule has 262 valence electrons. The van der Waals surface area contributed by atoms with E-state index >= 15 is 0 Å². The lowest BCUT2D eigenvalue weighted by molar-refractivity contribution is -0.445.